The maximum absolute atomic E-state index is 11.9. The monoisotopic (exact) mass is 442 g/mol. The molecule has 1 heterocycles. The van der Waals surface area contributed by atoms with Gasteiger partial charge in [-0.25, -0.2) is 27.0 Å². The summed E-state index contributed by atoms with van der Waals surface area (Å²) in [5, 5.41) is 5.35. The number of rotatable bonds is 5. The van der Waals surface area contributed by atoms with Crippen molar-refractivity contribution in [1.82, 2.24) is 9.97 Å². The van der Waals surface area contributed by atoms with E-state index in [1.165, 1.54) is 6.07 Å². The predicted octanol–water partition coefficient (Wildman–Crippen LogP) is 2.92. The van der Waals surface area contributed by atoms with Gasteiger partial charge in [-0.1, -0.05) is 24.3 Å². The maximum atomic E-state index is 11.9. The number of aromatic nitrogens is 2. The van der Waals surface area contributed by atoms with E-state index in [0.717, 1.165) is 17.3 Å². The average Bonchev–Trinajstić information content (AvgIpc) is 3.10. The van der Waals surface area contributed by atoms with E-state index in [0.29, 0.717) is 28.2 Å². The zero-order valence-electron chi connectivity index (χ0n) is 15.8. The minimum absolute atomic E-state index is 0.0538. The average molecular weight is 443 g/mol. The lowest BCUT2D eigenvalue weighted by molar-refractivity contribution is 0.597. The van der Waals surface area contributed by atoms with Crippen LogP contribution in [0.15, 0.2) is 71.6 Å². The third-order valence-corrected chi connectivity index (χ3v) is 6.02. The molecule has 0 aliphatic carbocycles. The number of sulfonamides is 2. The highest BCUT2D eigenvalue weighted by atomic mass is 32.2. The largest absolute Gasteiger partial charge is 0.338 e. The van der Waals surface area contributed by atoms with E-state index in [1.807, 2.05) is 6.07 Å². The summed E-state index contributed by atoms with van der Waals surface area (Å²) >= 11 is 0. The molecule has 0 atom stereocenters. The molecule has 4 N–H and O–H groups in total. The number of aromatic amines is 1. The molecule has 3 aromatic carbocycles. The summed E-state index contributed by atoms with van der Waals surface area (Å²) in [7, 11) is -7.21. The number of nitrogens with zero attached hydrogens (tertiary/aromatic N) is 1. The van der Waals surface area contributed by atoms with Gasteiger partial charge in [0.15, 0.2) is 0 Å². The van der Waals surface area contributed by atoms with E-state index in [4.69, 9.17) is 5.14 Å². The molecular weight excluding hydrogens is 424 g/mol. The molecule has 0 fully saturated rings. The van der Waals surface area contributed by atoms with Crippen molar-refractivity contribution in [3.8, 4) is 22.5 Å². The lowest BCUT2D eigenvalue weighted by Gasteiger charge is -2.07. The molecule has 0 aliphatic heterocycles. The van der Waals surface area contributed by atoms with Crippen LogP contribution in [0.3, 0.4) is 0 Å². The zero-order valence-corrected chi connectivity index (χ0v) is 17.5. The zero-order chi connectivity index (χ0) is 21.5. The number of nitrogens with one attached hydrogen (secondary N) is 2. The highest BCUT2D eigenvalue weighted by Gasteiger charge is 2.15. The number of H-pyrrole nitrogens is 1. The number of nitrogens with two attached hydrogens (primary N) is 1. The first kappa shape index (κ1) is 20.1. The van der Waals surface area contributed by atoms with Crippen LogP contribution in [-0.2, 0) is 20.0 Å². The number of hydrogen-bond acceptors (Lipinski definition) is 5. The highest BCUT2D eigenvalue weighted by molar-refractivity contribution is 7.92. The first-order chi connectivity index (χ1) is 14.1. The predicted molar refractivity (Wildman–Crippen MR) is 117 cm³/mol. The molecular formula is C20H18N4O4S2. The lowest BCUT2D eigenvalue weighted by atomic mass is 10.1. The Bertz CT molecular complexity index is 1460. The first-order valence-electron chi connectivity index (χ1n) is 8.80. The van der Waals surface area contributed by atoms with Crippen LogP contribution < -0.4 is 9.86 Å². The Morgan fingerprint density at radius 3 is 2.23 bits per heavy atom. The minimum Gasteiger partial charge on any atom is -0.338 e. The number of fused-ring (bicyclic) bond motifs is 1. The smallest absolute Gasteiger partial charge is 0.238 e. The van der Waals surface area contributed by atoms with Crippen LogP contribution in [0.2, 0.25) is 0 Å². The fourth-order valence-corrected chi connectivity index (χ4v) is 4.50. The molecule has 0 bridgehead atoms. The van der Waals surface area contributed by atoms with E-state index in [-0.39, 0.29) is 4.90 Å². The molecule has 154 valence electrons. The van der Waals surface area contributed by atoms with E-state index < -0.39 is 20.0 Å². The molecule has 10 heteroatoms. The van der Waals surface area contributed by atoms with Crippen molar-refractivity contribution in [1.29, 1.82) is 0 Å². The Morgan fingerprint density at radius 2 is 1.57 bits per heavy atom. The van der Waals surface area contributed by atoms with Crippen LogP contribution in [0.5, 0.6) is 0 Å². The number of primary sulfonamides is 1. The van der Waals surface area contributed by atoms with Gasteiger partial charge >= 0.3 is 0 Å². The van der Waals surface area contributed by atoms with Crippen molar-refractivity contribution >= 4 is 36.8 Å². The molecule has 0 saturated carbocycles. The van der Waals surface area contributed by atoms with Crippen molar-refractivity contribution in [3.05, 3.63) is 66.7 Å². The van der Waals surface area contributed by atoms with Crippen LogP contribution in [-0.4, -0.2) is 33.1 Å². The highest BCUT2D eigenvalue weighted by Crippen LogP contribution is 2.30. The number of imidazole rings is 1. The topological polar surface area (TPSA) is 135 Å². The molecule has 4 aromatic rings. The fraction of sp³-hybridized carbons (Fsp3) is 0.0500. The van der Waals surface area contributed by atoms with Gasteiger partial charge in [0.25, 0.3) is 0 Å². The van der Waals surface area contributed by atoms with E-state index in [1.54, 1.807) is 54.6 Å². The number of anilines is 1. The molecule has 8 nitrogen and oxygen atoms in total. The summed E-state index contributed by atoms with van der Waals surface area (Å²) in [5.41, 5.74) is 3.87. The molecule has 4 rings (SSSR count). The van der Waals surface area contributed by atoms with Gasteiger partial charge in [-0.3, -0.25) is 4.72 Å². The van der Waals surface area contributed by atoms with Gasteiger partial charge in [0.2, 0.25) is 20.0 Å². The third-order valence-electron chi connectivity index (χ3n) is 4.45. The standard InChI is InChI=1S/C20H18N4O4S2/c1-29(25,26)24-15-9-6-13(7-10-15)20-22-17-11-8-14(12-18(17)23-20)16-4-2-3-5-19(16)30(21,27)28/h2-12,24H,1H3,(H,22,23)(H2,21,27,28). The molecule has 0 amide bonds. The third kappa shape index (κ3) is 4.20. The van der Waals surface area contributed by atoms with Gasteiger partial charge in [-0.05, 0) is 48.0 Å². The molecule has 1 aromatic heterocycles. The Labute approximate surface area is 173 Å². The van der Waals surface area contributed by atoms with Crippen molar-refractivity contribution in [2.24, 2.45) is 5.14 Å². The van der Waals surface area contributed by atoms with Crippen molar-refractivity contribution in [2.75, 3.05) is 11.0 Å². The van der Waals surface area contributed by atoms with Crippen LogP contribution in [0, 0.1) is 0 Å². The normalized spacial score (nSPS) is 12.2. The molecule has 0 radical (unpaired) electrons. The summed E-state index contributed by atoms with van der Waals surface area (Å²) < 4.78 is 48.9. The lowest BCUT2D eigenvalue weighted by Crippen LogP contribution is -2.13. The van der Waals surface area contributed by atoms with Crippen LogP contribution in [0.1, 0.15) is 0 Å². The Kier molecular flexibility index (Phi) is 4.85. The maximum Gasteiger partial charge on any atom is 0.238 e. The van der Waals surface area contributed by atoms with Gasteiger partial charge in [0.05, 0.1) is 22.2 Å². The summed E-state index contributed by atoms with van der Waals surface area (Å²) in [6.45, 7) is 0. The minimum atomic E-state index is -3.86. The van der Waals surface area contributed by atoms with Crippen molar-refractivity contribution in [2.45, 2.75) is 4.90 Å². The van der Waals surface area contributed by atoms with Crippen LogP contribution in [0.4, 0.5) is 5.69 Å². The number of hydrogen-bond donors (Lipinski definition) is 3. The first-order valence-corrected chi connectivity index (χ1v) is 12.2. The van der Waals surface area contributed by atoms with E-state index in [9.17, 15) is 16.8 Å². The van der Waals surface area contributed by atoms with Gasteiger partial charge in [-0.15, -0.1) is 0 Å². The van der Waals surface area contributed by atoms with Crippen molar-refractivity contribution < 1.29 is 16.8 Å². The Balaban J connectivity index is 1.72. The second-order valence-electron chi connectivity index (χ2n) is 6.81. The number of benzene rings is 3. The molecule has 0 aliphatic rings. The summed E-state index contributed by atoms with van der Waals surface area (Å²) in [6, 6.07) is 18.7. The Hall–Kier alpha value is -3.21. The second-order valence-corrected chi connectivity index (χ2v) is 10.1. The van der Waals surface area contributed by atoms with Gasteiger partial charge in [0.1, 0.15) is 5.82 Å². The van der Waals surface area contributed by atoms with Crippen LogP contribution in [0.25, 0.3) is 33.5 Å². The summed E-state index contributed by atoms with van der Waals surface area (Å²) in [6.07, 6.45) is 1.09. The van der Waals surface area contributed by atoms with Crippen molar-refractivity contribution in [3.63, 3.8) is 0 Å². The quantitative estimate of drug-likeness (QED) is 0.437. The molecule has 0 spiro atoms. The molecule has 0 unspecified atom stereocenters. The Morgan fingerprint density at radius 1 is 0.900 bits per heavy atom. The summed E-state index contributed by atoms with van der Waals surface area (Å²) in [4.78, 5) is 7.83. The van der Waals surface area contributed by atoms with Gasteiger partial charge < -0.3 is 4.98 Å². The van der Waals surface area contributed by atoms with Gasteiger partial charge in [-0.2, -0.15) is 0 Å². The molecule has 30 heavy (non-hydrogen) atoms. The summed E-state index contributed by atoms with van der Waals surface area (Å²) in [5.74, 6) is 0.604. The molecule has 0 saturated heterocycles. The van der Waals surface area contributed by atoms with E-state index in [2.05, 4.69) is 14.7 Å². The van der Waals surface area contributed by atoms with Gasteiger partial charge in [0, 0.05) is 16.8 Å². The van der Waals surface area contributed by atoms with E-state index >= 15 is 0 Å². The van der Waals surface area contributed by atoms with Crippen LogP contribution >= 0.6 is 0 Å². The SMILES string of the molecule is CS(=O)(=O)Nc1ccc(-c2nc3ccc(-c4ccccc4S(N)(=O)=O)cc3[nH]2)cc1. The second kappa shape index (κ2) is 7.24. The fourth-order valence-electron chi connectivity index (χ4n) is 3.18.